The first-order valence-corrected chi connectivity index (χ1v) is 8.24. The maximum absolute atomic E-state index is 5.88. The molecule has 3 atom stereocenters. The molecule has 0 heterocycles. The summed E-state index contributed by atoms with van der Waals surface area (Å²) in [6, 6.07) is 8.33. The average molecular weight is 287 g/mol. The standard InChI is InChI=1S/C19H29NO/c1-5-16(4)21-19-8-6-7-18(12-19)20-13-17-10-14(2)9-15(3)11-17/h6-9,12,14,16-17,20H,5,10-11,13H2,1-4H3. The van der Waals surface area contributed by atoms with E-state index in [4.69, 9.17) is 4.74 Å². The fraction of sp³-hybridized carbons (Fsp3) is 0.579. The summed E-state index contributed by atoms with van der Waals surface area (Å²) in [4.78, 5) is 0. The van der Waals surface area contributed by atoms with Crippen molar-refractivity contribution < 1.29 is 4.74 Å². The number of rotatable bonds is 6. The van der Waals surface area contributed by atoms with Crippen LogP contribution in [-0.4, -0.2) is 12.6 Å². The monoisotopic (exact) mass is 287 g/mol. The Bertz CT molecular complexity index is 480. The average Bonchev–Trinajstić information content (AvgIpc) is 2.44. The first-order valence-electron chi connectivity index (χ1n) is 8.24. The lowest BCUT2D eigenvalue weighted by molar-refractivity contribution is 0.217. The first kappa shape index (κ1) is 15.9. The van der Waals surface area contributed by atoms with Crippen LogP contribution in [0.5, 0.6) is 5.75 Å². The zero-order chi connectivity index (χ0) is 15.2. The summed E-state index contributed by atoms with van der Waals surface area (Å²) in [5.74, 6) is 2.41. The molecule has 0 aliphatic heterocycles. The van der Waals surface area contributed by atoms with Gasteiger partial charge in [0.05, 0.1) is 6.10 Å². The lowest BCUT2D eigenvalue weighted by Crippen LogP contribution is -2.20. The van der Waals surface area contributed by atoms with Gasteiger partial charge in [0.25, 0.3) is 0 Å². The van der Waals surface area contributed by atoms with Crippen molar-refractivity contribution in [3.05, 3.63) is 35.9 Å². The predicted molar refractivity (Wildman–Crippen MR) is 91.0 cm³/mol. The summed E-state index contributed by atoms with van der Waals surface area (Å²) in [6.45, 7) is 9.87. The van der Waals surface area contributed by atoms with Gasteiger partial charge in [-0.3, -0.25) is 0 Å². The van der Waals surface area contributed by atoms with Crippen molar-refractivity contribution >= 4 is 5.69 Å². The topological polar surface area (TPSA) is 21.3 Å². The fourth-order valence-electron chi connectivity index (χ4n) is 3.10. The number of anilines is 1. The van der Waals surface area contributed by atoms with Crippen molar-refractivity contribution in [2.75, 3.05) is 11.9 Å². The van der Waals surface area contributed by atoms with Gasteiger partial charge in [-0.2, -0.15) is 0 Å². The second-order valence-corrected chi connectivity index (χ2v) is 6.54. The maximum Gasteiger partial charge on any atom is 0.121 e. The largest absolute Gasteiger partial charge is 0.491 e. The minimum absolute atomic E-state index is 0.271. The third-order valence-electron chi connectivity index (χ3n) is 4.23. The second kappa shape index (κ2) is 7.53. The Morgan fingerprint density at radius 1 is 1.38 bits per heavy atom. The molecule has 2 rings (SSSR count). The fourth-order valence-corrected chi connectivity index (χ4v) is 3.10. The zero-order valence-corrected chi connectivity index (χ0v) is 13.9. The lowest BCUT2D eigenvalue weighted by atomic mass is 9.84. The molecule has 116 valence electrons. The highest BCUT2D eigenvalue weighted by Gasteiger charge is 2.17. The van der Waals surface area contributed by atoms with Crippen LogP contribution < -0.4 is 10.1 Å². The molecular formula is C19H29NO. The second-order valence-electron chi connectivity index (χ2n) is 6.54. The lowest BCUT2D eigenvalue weighted by Gasteiger charge is -2.26. The van der Waals surface area contributed by atoms with Crippen LogP contribution in [0, 0.1) is 11.8 Å². The normalized spacial score (nSPS) is 23.3. The Labute approximate surface area is 129 Å². The van der Waals surface area contributed by atoms with Crippen molar-refractivity contribution in [1.82, 2.24) is 0 Å². The van der Waals surface area contributed by atoms with Crippen LogP contribution >= 0.6 is 0 Å². The number of hydrogen-bond donors (Lipinski definition) is 1. The summed E-state index contributed by atoms with van der Waals surface area (Å²) >= 11 is 0. The maximum atomic E-state index is 5.88. The minimum atomic E-state index is 0.271. The third-order valence-corrected chi connectivity index (χ3v) is 4.23. The summed E-state index contributed by atoms with van der Waals surface area (Å²) < 4.78 is 5.88. The molecule has 0 radical (unpaired) electrons. The quantitative estimate of drug-likeness (QED) is 0.720. The van der Waals surface area contributed by atoms with Crippen LogP contribution in [0.25, 0.3) is 0 Å². The first-order chi connectivity index (χ1) is 10.1. The molecule has 0 aromatic heterocycles. The molecule has 2 heteroatoms. The Balaban J connectivity index is 1.88. The van der Waals surface area contributed by atoms with Gasteiger partial charge in [0.2, 0.25) is 0 Å². The molecule has 1 aromatic rings. The number of benzene rings is 1. The summed E-state index contributed by atoms with van der Waals surface area (Å²) in [5, 5.41) is 3.58. The highest BCUT2D eigenvalue weighted by atomic mass is 16.5. The molecule has 1 N–H and O–H groups in total. The van der Waals surface area contributed by atoms with E-state index in [0.29, 0.717) is 5.92 Å². The molecule has 0 bridgehead atoms. The highest BCUT2D eigenvalue weighted by Crippen LogP contribution is 2.28. The molecule has 0 spiro atoms. The molecule has 0 saturated heterocycles. The van der Waals surface area contributed by atoms with Crippen LogP contribution in [-0.2, 0) is 0 Å². The van der Waals surface area contributed by atoms with E-state index in [2.05, 4.69) is 57.3 Å². The molecule has 1 aliphatic rings. The number of ether oxygens (including phenoxy) is 1. The van der Waals surface area contributed by atoms with Crippen molar-refractivity contribution in [3.63, 3.8) is 0 Å². The molecular weight excluding hydrogens is 258 g/mol. The Morgan fingerprint density at radius 2 is 2.19 bits per heavy atom. The Hall–Kier alpha value is -1.44. The zero-order valence-electron chi connectivity index (χ0n) is 13.9. The molecule has 21 heavy (non-hydrogen) atoms. The van der Waals surface area contributed by atoms with Crippen molar-refractivity contribution in [2.24, 2.45) is 11.8 Å². The van der Waals surface area contributed by atoms with Gasteiger partial charge in [0.1, 0.15) is 5.75 Å². The molecule has 0 amide bonds. The van der Waals surface area contributed by atoms with Gasteiger partial charge in [-0.05, 0) is 57.1 Å². The Kier molecular flexibility index (Phi) is 5.72. The van der Waals surface area contributed by atoms with Crippen molar-refractivity contribution in [2.45, 2.75) is 53.1 Å². The van der Waals surface area contributed by atoms with Crippen LogP contribution in [0.3, 0.4) is 0 Å². The molecule has 1 aliphatic carbocycles. The number of allylic oxidation sites excluding steroid dienone is 2. The summed E-state index contributed by atoms with van der Waals surface area (Å²) in [7, 11) is 0. The van der Waals surface area contributed by atoms with Gasteiger partial charge in [-0.1, -0.05) is 31.6 Å². The van der Waals surface area contributed by atoms with Gasteiger partial charge >= 0.3 is 0 Å². The van der Waals surface area contributed by atoms with Crippen molar-refractivity contribution in [3.8, 4) is 5.75 Å². The molecule has 1 aromatic carbocycles. The molecule has 3 unspecified atom stereocenters. The van der Waals surface area contributed by atoms with E-state index >= 15 is 0 Å². The number of nitrogens with one attached hydrogen (secondary N) is 1. The van der Waals surface area contributed by atoms with Gasteiger partial charge in [-0.25, -0.2) is 0 Å². The van der Waals surface area contributed by atoms with Crippen LogP contribution in [0.4, 0.5) is 5.69 Å². The van der Waals surface area contributed by atoms with Gasteiger partial charge < -0.3 is 10.1 Å². The highest BCUT2D eigenvalue weighted by molar-refractivity contribution is 5.48. The van der Waals surface area contributed by atoms with E-state index in [1.54, 1.807) is 0 Å². The van der Waals surface area contributed by atoms with E-state index in [0.717, 1.165) is 30.3 Å². The Morgan fingerprint density at radius 3 is 2.90 bits per heavy atom. The van der Waals surface area contributed by atoms with E-state index in [1.807, 2.05) is 6.07 Å². The van der Waals surface area contributed by atoms with Crippen LogP contribution in [0.1, 0.15) is 47.0 Å². The van der Waals surface area contributed by atoms with E-state index in [-0.39, 0.29) is 6.10 Å². The summed E-state index contributed by atoms with van der Waals surface area (Å²) in [5.41, 5.74) is 2.70. The van der Waals surface area contributed by atoms with Gasteiger partial charge in [0.15, 0.2) is 0 Å². The van der Waals surface area contributed by atoms with Gasteiger partial charge in [0, 0.05) is 18.3 Å². The van der Waals surface area contributed by atoms with E-state index < -0.39 is 0 Å². The van der Waals surface area contributed by atoms with Gasteiger partial charge in [-0.15, -0.1) is 0 Å². The van der Waals surface area contributed by atoms with Crippen LogP contribution in [0.15, 0.2) is 35.9 Å². The third kappa shape index (κ3) is 5.11. The van der Waals surface area contributed by atoms with E-state index in [9.17, 15) is 0 Å². The van der Waals surface area contributed by atoms with Crippen molar-refractivity contribution in [1.29, 1.82) is 0 Å². The SMILES string of the molecule is CCC(C)Oc1cccc(NCC2CC(C)=CC(C)C2)c1. The predicted octanol–water partition coefficient (Wildman–Crippen LogP) is 5.27. The van der Waals surface area contributed by atoms with Crippen LogP contribution in [0.2, 0.25) is 0 Å². The van der Waals surface area contributed by atoms with E-state index in [1.165, 1.54) is 18.4 Å². The molecule has 0 saturated carbocycles. The number of hydrogen-bond acceptors (Lipinski definition) is 2. The molecule has 0 fully saturated rings. The summed E-state index contributed by atoms with van der Waals surface area (Å²) in [6.07, 6.45) is 6.22. The molecule has 2 nitrogen and oxygen atoms in total. The smallest absolute Gasteiger partial charge is 0.121 e. The minimum Gasteiger partial charge on any atom is -0.491 e.